The zero-order valence-corrected chi connectivity index (χ0v) is 9.42. The standard InChI is InChI=1S/C13H11F3O2/c14-13(15,16)11-3-1-10-8-12(18-6-5-17)4-2-9(10)7-11/h1-4,7-8,17H,5-6H2/p+1. The Morgan fingerprint density at radius 1 is 1.00 bits per heavy atom. The van der Waals surface area contributed by atoms with Gasteiger partial charge in [-0.05, 0) is 35.0 Å². The topological polar surface area (TPSA) is 32.1 Å². The number of benzene rings is 2. The zero-order chi connectivity index (χ0) is 13.2. The summed E-state index contributed by atoms with van der Waals surface area (Å²) in [7, 11) is 0. The number of fused-ring (bicyclic) bond motifs is 1. The van der Waals surface area contributed by atoms with Crippen molar-refractivity contribution in [3.63, 3.8) is 0 Å². The summed E-state index contributed by atoms with van der Waals surface area (Å²) in [6, 6.07) is 8.46. The Morgan fingerprint density at radius 3 is 2.33 bits per heavy atom. The van der Waals surface area contributed by atoms with E-state index in [0.29, 0.717) is 16.5 Å². The largest absolute Gasteiger partial charge is 0.486 e. The number of ether oxygens (including phenoxy) is 1. The van der Waals surface area contributed by atoms with Crippen LogP contribution in [-0.2, 0) is 6.18 Å². The number of halogens is 3. The van der Waals surface area contributed by atoms with Gasteiger partial charge in [0.2, 0.25) is 0 Å². The number of hydrogen-bond donors (Lipinski definition) is 0. The minimum atomic E-state index is -4.32. The zero-order valence-electron chi connectivity index (χ0n) is 9.42. The molecule has 2 nitrogen and oxygen atoms in total. The molecule has 5 heteroatoms. The van der Waals surface area contributed by atoms with Crippen LogP contribution in [0.5, 0.6) is 5.75 Å². The van der Waals surface area contributed by atoms with Crippen LogP contribution >= 0.6 is 0 Å². The minimum absolute atomic E-state index is 0.144. The second kappa shape index (κ2) is 4.86. The highest BCUT2D eigenvalue weighted by Crippen LogP contribution is 2.32. The van der Waals surface area contributed by atoms with E-state index in [1.54, 1.807) is 18.2 Å². The summed E-state index contributed by atoms with van der Waals surface area (Å²) in [6.07, 6.45) is -4.32. The minimum Gasteiger partial charge on any atom is -0.486 e. The van der Waals surface area contributed by atoms with Gasteiger partial charge in [-0.2, -0.15) is 13.2 Å². The van der Waals surface area contributed by atoms with Crippen molar-refractivity contribution in [2.24, 2.45) is 0 Å². The highest BCUT2D eigenvalue weighted by atomic mass is 19.4. The fraction of sp³-hybridized carbons (Fsp3) is 0.231. The molecule has 0 aliphatic heterocycles. The Balaban J connectivity index is 2.36. The smallest absolute Gasteiger partial charge is 0.416 e. The molecule has 0 fully saturated rings. The summed E-state index contributed by atoms with van der Waals surface area (Å²) in [5, 5.41) is 8.16. The lowest BCUT2D eigenvalue weighted by molar-refractivity contribution is -0.137. The van der Waals surface area contributed by atoms with Gasteiger partial charge in [0.15, 0.2) is 13.2 Å². The molecule has 0 aliphatic rings. The first-order chi connectivity index (χ1) is 8.50. The quantitative estimate of drug-likeness (QED) is 0.778. The second-order valence-corrected chi connectivity index (χ2v) is 3.82. The predicted molar refractivity (Wildman–Crippen MR) is 62.9 cm³/mol. The van der Waals surface area contributed by atoms with Crippen LogP contribution in [0.3, 0.4) is 0 Å². The van der Waals surface area contributed by atoms with E-state index in [0.717, 1.165) is 12.1 Å². The molecular weight excluding hydrogens is 245 g/mol. The van der Waals surface area contributed by atoms with Gasteiger partial charge in [-0.25, -0.2) is 0 Å². The molecule has 0 bridgehead atoms. The van der Waals surface area contributed by atoms with Crippen LogP contribution < -0.4 is 4.74 Å². The molecule has 0 heterocycles. The lowest BCUT2D eigenvalue weighted by atomic mass is 10.1. The summed E-state index contributed by atoms with van der Waals surface area (Å²) in [5.41, 5.74) is -0.658. The second-order valence-electron chi connectivity index (χ2n) is 3.82. The molecule has 0 amide bonds. The van der Waals surface area contributed by atoms with Crippen LogP contribution in [0, 0.1) is 0 Å². The third-order valence-electron chi connectivity index (χ3n) is 2.51. The van der Waals surface area contributed by atoms with Crippen LogP contribution in [0.1, 0.15) is 5.56 Å². The van der Waals surface area contributed by atoms with Crippen molar-refractivity contribution < 1.29 is 23.0 Å². The van der Waals surface area contributed by atoms with Crippen molar-refractivity contribution >= 4 is 10.8 Å². The van der Waals surface area contributed by atoms with Crippen molar-refractivity contribution in [2.45, 2.75) is 6.18 Å². The van der Waals surface area contributed by atoms with Crippen LogP contribution in [0.25, 0.3) is 10.8 Å². The Kier molecular flexibility index (Phi) is 3.43. The Labute approximate surface area is 102 Å². The first kappa shape index (κ1) is 12.7. The average molecular weight is 257 g/mol. The molecule has 2 N–H and O–H groups in total. The molecule has 2 rings (SSSR count). The highest BCUT2D eigenvalue weighted by molar-refractivity contribution is 5.84. The first-order valence-corrected chi connectivity index (χ1v) is 5.39. The Morgan fingerprint density at radius 2 is 1.67 bits per heavy atom. The molecule has 0 spiro atoms. The maximum Gasteiger partial charge on any atom is 0.416 e. The fourth-order valence-electron chi connectivity index (χ4n) is 1.66. The van der Waals surface area contributed by atoms with E-state index in [9.17, 15) is 13.2 Å². The molecule has 0 aliphatic carbocycles. The maximum atomic E-state index is 12.5. The van der Waals surface area contributed by atoms with Gasteiger partial charge in [0.05, 0.1) is 5.56 Å². The third kappa shape index (κ3) is 2.73. The molecule has 0 saturated heterocycles. The van der Waals surface area contributed by atoms with Gasteiger partial charge < -0.3 is 9.84 Å². The van der Waals surface area contributed by atoms with Gasteiger partial charge in [-0.1, -0.05) is 12.1 Å². The van der Waals surface area contributed by atoms with Gasteiger partial charge >= 0.3 is 6.18 Å². The number of hydrogen-bond acceptors (Lipinski definition) is 1. The average Bonchev–Trinajstić information content (AvgIpc) is 2.34. The van der Waals surface area contributed by atoms with Gasteiger partial charge in [-0.3, -0.25) is 0 Å². The summed E-state index contributed by atoms with van der Waals surface area (Å²) >= 11 is 0. The summed E-state index contributed by atoms with van der Waals surface area (Å²) in [6.45, 7) is 0.414. The highest BCUT2D eigenvalue weighted by Gasteiger charge is 2.30. The SMILES string of the molecule is [OH2+]CCOc1ccc2cc(C(F)(F)F)ccc2c1. The fourth-order valence-corrected chi connectivity index (χ4v) is 1.66. The molecule has 18 heavy (non-hydrogen) atoms. The van der Waals surface area contributed by atoms with E-state index in [-0.39, 0.29) is 13.2 Å². The molecule has 2 aromatic carbocycles. The monoisotopic (exact) mass is 257 g/mol. The molecule has 0 aromatic heterocycles. The normalized spacial score (nSPS) is 11.8. The van der Waals surface area contributed by atoms with E-state index in [1.165, 1.54) is 6.07 Å². The van der Waals surface area contributed by atoms with Crippen molar-refractivity contribution in [2.75, 3.05) is 13.2 Å². The van der Waals surface area contributed by atoms with Crippen LogP contribution in [0.4, 0.5) is 13.2 Å². The molecule has 96 valence electrons. The molecule has 2 aromatic rings. The maximum absolute atomic E-state index is 12.5. The van der Waals surface area contributed by atoms with E-state index in [1.807, 2.05) is 0 Å². The summed E-state index contributed by atoms with van der Waals surface area (Å²) in [4.78, 5) is 0. The van der Waals surface area contributed by atoms with Crippen LogP contribution in [0.15, 0.2) is 36.4 Å². The van der Waals surface area contributed by atoms with Crippen molar-refractivity contribution in [1.82, 2.24) is 0 Å². The lowest BCUT2D eigenvalue weighted by Crippen LogP contribution is -2.04. The van der Waals surface area contributed by atoms with Crippen LogP contribution in [0.2, 0.25) is 0 Å². The van der Waals surface area contributed by atoms with E-state index in [2.05, 4.69) is 0 Å². The van der Waals surface area contributed by atoms with Crippen molar-refractivity contribution in [3.05, 3.63) is 42.0 Å². The number of rotatable bonds is 3. The van der Waals surface area contributed by atoms with E-state index < -0.39 is 11.7 Å². The lowest BCUT2D eigenvalue weighted by Gasteiger charge is -2.09. The number of alkyl halides is 3. The molecule has 0 radical (unpaired) electrons. The van der Waals surface area contributed by atoms with E-state index >= 15 is 0 Å². The van der Waals surface area contributed by atoms with Gasteiger partial charge in [0, 0.05) is 0 Å². The molecule has 0 unspecified atom stereocenters. The molecule has 0 atom stereocenters. The van der Waals surface area contributed by atoms with E-state index in [4.69, 9.17) is 9.84 Å². The Hall–Kier alpha value is -1.75. The Bertz CT molecular complexity index is 549. The molecular formula is C13H12F3O2+. The summed E-state index contributed by atoms with van der Waals surface area (Å²) < 4.78 is 42.8. The predicted octanol–water partition coefficient (Wildman–Crippen LogP) is 2.96. The third-order valence-corrected chi connectivity index (χ3v) is 2.51. The molecule has 0 saturated carbocycles. The van der Waals surface area contributed by atoms with Crippen molar-refractivity contribution in [1.29, 1.82) is 0 Å². The van der Waals surface area contributed by atoms with Gasteiger partial charge in [-0.15, -0.1) is 0 Å². The summed E-state index contributed by atoms with van der Waals surface area (Å²) in [5.74, 6) is 0.564. The van der Waals surface area contributed by atoms with Crippen LogP contribution in [-0.4, -0.2) is 18.3 Å². The van der Waals surface area contributed by atoms with Gasteiger partial charge in [0.1, 0.15) is 5.75 Å². The first-order valence-electron chi connectivity index (χ1n) is 5.39. The van der Waals surface area contributed by atoms with Gasteiger partial charge in [0.25, 0.3) is 0 Å². The van der Waals surface area contributed by atoms with Crippen molar-refractivity contribution in [3.8, 4) is 5.75 Å².